The summed E-state index contributed by atoms with van der Waals surface area (Å²) >= 11 is 0. The van der Waals surface area contributed by atoms with Crippen LogP contribution in [0.2, 0.25) is 18.1 Å². The summed E-state index contributed by atoms with van der Waals surface area (Å²) in [6, 6.07) is 0. The molecule has 1 atom stereocenters. The minimum Gasteiger partial charge on any atom is -0.413 e. The Morgan fingerprint density at radius 2 is 1.88 bits per heavy atom. The Balaban J connectivity index is 3.94. The van der Waals surface area contributed by atoms with Crippen molar-refractivity contribution < 1.29 is 9.53 Å². The average molecular weight is 258 g/mol. The molecule has 0 aromatic rings. The van der Waals surface area contributed by atoms with Crippen molar-refractivity contribution in [1.82, 2.24) is 0 Å². The number of hydrogen-bond donors (Lipinski definition) is 1. The molecule has 1 N–H and O–H groups in total. The quantitative estimate of drug-likeness (QED) is 0.550. The largest absolute Gasteiger partial charge is 0.413 e. The highest BCUT2D eigenvalue weighted by Crippen LogP contribution is 2.36. The molecule has 0 rings (SSSR count). The third-order valence-electron chi connectivity index (χ3n) is 3.56. The summed E-state index contributed by atoms with van der Waals surface area (Å²) in [5.74, 6) is 0. The van der Waals surface area contributed by atoms with Crippen LogP contribution < -0.4 is 0 Å². The van der Waals surface area contributed by atoms with Gasteiger partial charge in [0.15, 0.2) is 8.32 Å². The molecule has 0 unspecified atom stereocenters. The number of hydrogen-bond acceptors (Lipinski definition) is 2. The fourth-order valence-corrected chi connectivity index (χ4v) is 2.14. The SMILES string of the molecule is CCCC[C@H](O)/C=C\CO[Si](C)(C)C(C)(C)C. The van der Waals surface area contributed by atoms with Crippen molar-refractivity contribution in [1.29, 1.82) is 0 Å². The molecule has 102 valence electrons. The van der Waals surface area contributed by atoms with Gasteiger partial charge in [0.1, 0.15) is 0 Å². The molecule has 0 amide bonds. The monoisotopic (exact) mass is 258 g/mol. The predicted octanol–water partition coefficient (Wildman–Crippen LogP) is 4.12. The van der Waals surface area contributed by atoms with Crippen LogP contribution in [0.1, 0.15) is 47.0 Å². The number of rotatable bonds is 7. The summed E-state index contributed by atoms with van der Waals surface area (Å²) in [4.78, 5) is 0. The van der Waals surface area contributed by atoms with Crippen molar-refractivity contribution in [2.75, 3.05) is 6.61 Å². The van der Waals surface area contributed by atoms with E-state index in [0.29, 0.717) is 6.61 Å². The minimum atomic E-state index is -1.64. The minimum absolute atomic E-state index is 0.252. The highest BCUT2D eigenvalue weighted by Gasteiger charge is 2.36. The van der Waals surface area contributed by atoms with Crippen molar-refractivity contribution in [2.45, 2.75) is 71.2 Å². The van der Waals surface area contributed by atoms with Crippen molar-refractivity contribution in [3.63, 3.8) is 0 Å². The molecule has 0 heterocycles. The molecule has 0 aliphatic rings. The smallest absolute Gasteiger partial charge is 0.192 e. The average Bonchev–Trinajstić information content (AvgIpc) is 2.20. The molecule has 2 nitrogen and oxygen atoms in total. The lowest BCUT2D eigenvalue weighted by molar-refractivity contribution is 0.208. The zero-order valence-corrected chi connectivity index (χ0v) is 13.4. The third kappa shape index (κ3) is 7.01. The maximum Gasteiger partial charge on any atom is 0.192 e. The van der Waals surface area contributed by atoms with E-state index in [0.717, 1.165) is 19.3 Å². The Bertz CT molecular complexity index is 229. The van der Waals surface area contributed by atoms with Gasteiger partial charge in [0, 0.05) is 0 Å². The zero-order chi connectivity index (χ0) is 13.5. The molecule has 0 saturated carbocycles. The van der Waals surface area contributed by atoms with E-state index in [1.165, 1.54) is 0 Å². The van der Waals surface area contributed by atoms with E-state index >= 15 is 0 Å². The van der Waals surface area contributed by atoms with Crippen LogP contribution in [0.15, 0.2) is 12.2 Å². The Hall–Kier alpha value is -0.123. The van der Waals surface area contributed by atoms with Gasteiger partial charge in [-0.2, -0.15) is 0 Å². The Kier molecular flexibility index (Phi) is 7.29. The van der Waals surface area contributed by atoms with Crippen molar-refractivity contribution >= 4 is 8.32 Å². The molecule has 3 heteroatoms. The first kappa shape index (κ1) is 16.9. The van der Waals surface area contributed by atoms with E-state index < -0.39 is 8.32 Å². The fourth-order valence-electron chi connectivity index (χ4n) is 1.20. The van der Waals surface area contributed by atoms with Gasteiger partial charge in [-0.1, -0.05) is 52.7 Å². The maximum atomic E-state index is 9.64. The molecule has 0 aliphatic heterocycles. The van der Waals surface area contributed by atoms with Crippen molar-refractivity contribution in [2.24, 2.45) is 0 Å². The van der Waals surface area contributed by atoms with E-state index in [1.54, 1.807) is 0 Å². The van der Waals surface area contributed by atoms with E-state index in [1.807, 2.05) is 12.2 Å². The molecular formula is C14H30O2Si. The van der Waals surface area contributed by atoms with Crippen LogP contribution in [0, 0.1) is 0 Å². The predicted molar refractivity (Wildman–Crippen MR) is 77.8 cm³/mol. The standard InChI is InChI=1S/C14H30O2Si/c1-7-8-10-13(15)11-9-12-16-17(5,6)14(2,3)4/h9,11,13,15H,7-8,10,12H2,1-6H3/b11-9-/t13-/m0/s1. The van der Waals surface area contributed by atoms with Gasteiger partial charge in [0.25, 0.3) is 0 Å². The first-order valence-electron chi connectivity index (χ1n) is 6.69. The molecule has 0 spiro atoms. The van der Waals surface area contributed by atoms with Gasteiger partial charge in [-0.05, 0) is 24.6 Å². The second kappa shape index (κ2) is 7.34. The molecule has 0 aromatic heterocycles. The van der Waals surface area contributed by atoms with Crippen LogP contribution in [0.5, 0.6) is 0 Å². The lowest BCUT2D eigenvalue weighted by Gasteiger charge is -2.35. The Labute approximate surface area is 108 Å². The zero-order valence-electron chi connectivity index (χ0n) is 12.4. The van der Waals surface area contributed by atoms with Crippen LogP contribution >= 0.6 is 0 Å². The topological polar surface area (TPSA) is 29.5 Å². The van der Waals surface area contributed by atoms with Crippen LogP contribution in [0.4, 0.5) is 0 Å². The highest BCUT2D eigenvalue weighted by molar-refractivity contribution is 6.74. The van der Waals surface area contributed by atoms with Crippen LogP contribution in [-0.4, -0.2) is 26.1 Å². The third-order valence-corrected chi connectivity index (χ3v) is 8.06. The van der Waals surface area contributed by atoms with Gasteiger partial charge in [-0.25, -0.2) is 0 Å². The highest BCUT2D eigenvalue weighted by atomic mass is 28.4. The summed E-state index contributed by atoms with van der Waals surface area (Å²) in [5.41, 5.74) is 0. The Morgan fingerprint density at radius 3 is 2.35 bits per heavy atom. The van der Waals surface area contributed by atoms with E-state index in [9.17, 15) is 5.11 Å². The second-order valence-electron chi connectivity index (χ2n) is 6.21. The number of aliphatic hydroxyl groups is 1. The van der Waals surface area contributed by atoms with E-state index in [4.69, 9.17) is 4.43 Å². The first-order valence-corrected chi connectivity index (χ1v) is 9.60. The van der Waals surface area contributed by atoms with Crippen molar-refractivity contribution in [3.05, 3.63) is 12.2 Å². The van der Waals surface area contributed by atoms with Gasteiger partial charge in [0.05, 0.1) is 12.7 Å². The van der Waals surface area contributed by atoms with Gasteiger partial charge >= 0.3 is 0 Å². The van der Waals surface area contributed by atoms with E-state index in [-0.39, 0.29) is 11.1 Å². The maximum absolute atomic E-state index is 9.64. The number of aliphatic hydroxyl groups excluding tert-OH is 1. The van der Waals surface area contributed by atoms with Gasteiger partial charge < -0.3 is 9.53 Å². The summed E-state index contributed by atoms with van der Waals surface area (Å²) < 4.78 is 5.99. The van der Waals surface area contributed by atoms with Crippen LogP contribution in [-0.2, 0) is 4.43 Å². The molecule has 0 radical (unpaired) electrons. The van der Waals surface area contributed by atoms with Gasteiger partial charge in [-0.3, -0.25) is 0 Å². The van der Waals surface area contributed by atoms with Crippen LogP contribution in [0.3, 0.4) is 0 Å². The number of unbranched alkanes of at least 4 members (excludes halogenated alkanes) is 1. The van der Waals surface area contributed by atoms with Gasteiger partial charge in [0.2, 0.25) is 0 Å². The van der Waals surface area contributed by atoms with Crippen LogP contribution in [0.25, 0.3) is 0 Å². The van der Waals surface area contributed by atoms with E-state index in [2.05, 4.69) is 40.8 Å². The molecule has 0 aliphatic carbocycles. The first-order chi connectivity index (χ1) is 7.70. The van der Waals surface area contributed by atoms with Gasteiger partial charge in [-0.15, -0.1) is 0 Å². The second-order valence-corrected chi connectivity index (χ2v) is 11.0. The molecule has 0 bridgehead atoms. The summed E-state index contributed by atoms with van der Waals surface area (Å²) in [6.07, 6.45) is 6.58. The normalized spacial score (nSPS) is 15.5. The summed E-state index contributed by atoms with van der Waals surface area (Å²) in [5, 5.41) is 9.89. The summed E-state index contributed by atoms with van der Waals surface area (Å²) in [7, 11) is -1.64. The Morgan fingerprint density at radius 1 is 1.29 bits per heavy atom. The molecule has 17 heavy (non-hydrogen) atoms. The molecule has 0 aromatic carbocycles. The lowest BCUT2D eigenvalue weighted by atomic mass is 10.1. The fraction of sp³-hybridized carbons (Fsp3) is 0.857. The molecule has 0 saturated heterocycles. The summed E-state index contributed by atoms with van der Waals surface area (Å²) in [6.45, 7) is 14.0. The molecular weight excluding hydrogens is 228 g/mol. The van der Waals surface area contributed by atoms with Crippen molar-refractivity contribution in [3.8, 4) is 0 Å². The molecule has 0 fully saturated rings. The lowest BCUT2D eigenvalue weighted by Crippen LogP contribution is -2.40.